The molecule has 2 aromatic carbocycles. The van der Waals surface area contributed by atoms with Crippen LogP contribution in [0.3, 0.4) is 0 Å². The molecule has 2 unspecified atom stereocenters. The van der Waals surface area contributed by atoms with Gasteiger partial charge in [0.1, 0.15) is 17.7 Å². The fourth-order valence-electron chi connectivity index (χ4n) is 4.58. The lowest BCUT2D eigenvalue weighted by molar-refractivity contribution is -0.145. The van der Waals surface area contributed by atoms with E-state index in [2.05, 4.69) is 10.6 Å². The Hall–Kier alpha value is -3.00. The molecule has 0 heterocycles. The van der Waals surface area contributed by atoms with Crippen molar-refractivity contribution >= 4 is 35.4 Å². The maximum Gasteiger partial charge on any atom is 0.408 e. The van der Waals surface area contributed by atoms with Gasteiger partial charge in [-0.05, 0) is 89.0 Å². The zero-order chi connectivity index (χ0) is 27.9. The van der Waals surface area contributed by atoms with Crippen LogP contribution in [-0.4, -0.2) is 52.5 Å². The van der Waals surface area contributed by atoms with Crippen molar-refractivity contribution in [1.29, 1.82) is 0 Å². The number of hydrogen-bond donors (Lipinski definition) is 2. The number of amides is 3. The summed E-state index contributed by atoms with van der Waals surface area (Å²) in [5, 5.41) is 5.93. The Bertz CT molecular complexity index is 1090. The molecule has 0 bridgehead atoms. The van der Waals surface area contributed by atoms with E-state index in [0.717, 1.165) is 41.6 Å². The molecule has 3 rings (SSSR count). The van der Waals surface area contributed by atoms with Gasteiger partial charge in [-0.2, -0.15) is 11.8 Å². The molecule has 38 heavy (non-hydrogen) atoms. The molecule has 1 saturated carbocycles. The number of carbonyl (C=O) groups excluding carboxylic acids is 3. The Kier molecular flexibility index (Phi) is 10.3. The van der Waals surface area contributed by atoms with Gasteiger partial charge >= 0.3 is 6.09 Å². The Morgan fingerprint density at radius 3 is 2.18 bits per heavy atom. The lowest BCUT2D eigenvalue weighted by Crippen LogP contribution is -2.57. The molecule has 0 aliphatic heterocycles. The Balaban J connectivity index is 2.00. The third-order valence-electron chi connectivity index (χ3n) is 6.69. The molecule has 1 fully saturated rings. The van der Waals surface area contributed by atoms with Crippen molar-refractivity contribution in [3.8, 4) is 0 Å². The van der Waals surface area contributed by atoms with Gasteiger partial charge in [-0.15, -0.1) is 0 Å². The summed E-state index contributed by atoms with van der Waals surface area (Å²) in [7, 11) is 0. The quantitative estimate of drug-likeness (QED) is 0.386. The van der Waals surface area contributed by atoms with Crippen molar-refractivity contribution in [3.63, 3.8) is 0 Å². The standard InChI is InChI=1S/C30H41N3O4S/c1-20-12-10-13-21(2)25(20)32-27(34)26(22-14-8-7-9-15-22)33(23-16-11-17-23)28(35)24(18-19-38-6)31-29(36)37-30(3,4)5/h7-10,12-15,23-24,26H,11,16-19H2,1-6H3,(H,31,36)(H,32,34). The van der Waals surface area contributed by atoms with Crippen LogP contribution in [0.15, 0.2) is 48.5 Å². The van der Waals surface area contributed by atoms with Gasteiger partial charge < -0.3 is 20.3 Å². The van der Waals surface area contributed by atoms with Crippen molar-refractivity contribution in [2.75, 3.05) is 17.3 Å². The van der Waals surface area contributed by atoms with E-state index < -0.39 is 23.8 Å². The van der Waals surface area contributed by atoms with Crippen LogP contribution in [-0.2, 0) is 14.3 Å². The molecule has 206 valence electrons. The van der Waals surface area contributed by atoms with Crippen LogP contribution in [0.2, 0.25) is 0 Å². The molecule has 2 N–H and O–H groups in total. The number of para-hydroxylation sites is 1. The van der Waals surface area contributed by atoms with Gasteiger partial charge in [-0.3, -0.25) is 9.59 Å². The molecule has 0 radical (unpaired) electrons. The van der Waals surface area contributed by atoms with E-state index in [9.17, 15) is 14.4 Å². The minimum Gasteiger partial charge on any atom is -0.444 e. The van der Waals surface area contributed by atoms with E-state index in [4.69, 9.17) is 4.74 Å². The second-order valence-corrected chi connectivity index (χ2v) is 11.9. The SMILES string of the molecule is CSCCC(NC(=O)OC(C)(C)C)C(=O)N(C1CCC1)C(C(=O)Nc1c(C)cccc1C)c1ccccc1. The zero-order valence-corrected chi connectivity index (χ0v) is 24.2. The summed E-state index contributed by atoms with van der Waals surface area (Å²) in [4.78, 5) is 42.7. The molecule has 7 nitrogen and oxygen atoms in total. The molecular formula is C30H41N3O4S. The van der Waals surface area contributed by atoms with E-state index in [1.165, 1.54) is 0 Å². The van der Waals surface area contributed by atoms with Crippen LogP contribution in [0.25, 0.3) is 0 Å². The van der Waals surface area contributed by atoms with E-state index >= 15 is 0 Å². The molecule has 0 saturated heterocycles. The predicted octanol–water partition coefficient (Wildman–Crippen LogP) is 6.01. The first kappa shape index (κ1) is 29.6. The van der Waals surface area contributed by atoms with E-state index in [-0.39, 0.29) is 17.9 Å². The van der Waals surface area contributed by atoms with Gasteiger partial charge in [0.25, 0.3) is 5.91 Å². The number of carbonyl (C=O) groups is 3. The number of anilines is 1. The van der Waals surface area contributed by atoms with Gasteiger partial charge in [0, 0.05) is 11.7 Å². The van der Waals surface area contributed by atoms with Crippen LogP contribution in [0.1, 0.15) is 69.2 Å². The van der Waals surface area contributed by atoms with Crippen molar-refractivity contribution in [2.24, 2.45) is 0 Å². The number of nitrogens with one attached hydrogen (secondary N) is 2. The number of ether oxygens (including phenoxy) is 1. The monoisotopic (exact) mass is 539 g/mol. The predicted molar refractivity (Wildman–Crippen MR) is 154 cm³/mol. The maximum absolute atomic E-state index is 14.3. The highest BCUT2D eigenvalue weighted by Crippen LogP contribution is 2.35. The summed E-state index contributed by atoms with van der Waals surface area (Å²) >= 11 is 1.60. The number of rotatable bonds is 10. The number of aryl methyl sites for hydroxylation is 2. The van der Waals surface area contributed by atoms with E-state index in [0.29, 0.717) is 12.2 Å². The van der Waals surface area contributed by atoms with Crippen molar-refractivity contribution < 1.29 is 19.1 Å². The van der Waals surface area contributed by atoms with Crippen molar-refractivity contribution in [3.05, 3.63) is 65.2 Å². The first-order valence-electron chi connectivity index (χ1n) is 13.2. The highest BCUT2D eigenvalue weighted by atomic mass is 32.2. The maximum atomic E-state index is 14.3. The van der Waals surface area contributed by atoms with Crippen molar-refractivity contribution in [2.45, 2.75) is 84.0 Å². The second-order valence-electron chi connectivity index (χ2n) is 10.9. The fourth-order valence-corrected chi connectivity index (χ4v) is 5.05. The third kappa shape index (κ3) is 7.76. The highest BCUT2D eigenvalue weighted by molar-refractivity contribution is 7.98. The molecule has 3 amide bonds. The van der Waals surface area contributed by atoms with Gasteiger partial charge in [0.05, 0.1) is 0 Å². The number of thioether (sulfide) groups is 1. The van der Waals surface area contributed by atoms with Gasteiger partial charge in [0.2, 0.25) is 5.91 Å². The third-order valence-corrected chi connectivity index (χ3v) is 7.34. The second kappa shape index (κ2) is 13.2. The van der Waals surface area contributed by atoms with Gasteiger partial charge in [-0.1, -0.05) is 48.5 Å². The Morgan fingerprint density at radius 1 is 1.03 bits per heavy atom. The number of hydrogen-bond acceptors (Lipinski definition) is 5. The molecule has 1 aliphatic rings. The molecule has 0 spiro atoms. The summed E-state index contributed by atoms with van der Waals surface area (Å²) in [5.74, 6) is 0.143. The van der Waals surface area contributed by atoms with E-state index in [1.807, 2.05) is 68.6 Å². The smallest absolute Gasteiger partial charge is 0.408 e. The first-order chi connectivity index (χ1) is 18.0. The molecule has 2 aromatic rings. The molecule has 2 atom stereocenters. The fraction of sp³-hybridized carbons (Fsp3) is 0.500. The lowest BCUT2D eigenvalue weighted by atomic mass is 9.88. The number of nitrogens with zero attached hydrogens (tertiary/aromatic N) is 1. The largest absolute Gasteiger partial charge is 0.444 e. The molecule has 0 aromatic heterocycles. The average Bonchev–Trinajstić information content (AvgIpc) is 2.81. The summed E-state index contributed by atoms with van der Waals surface area (Å²) < 4.78 is 5.47. The normalized spacial score (nSPS) is 15.1. The summed E-state index contributed by atoms with van der Waals surface area (Å²) in [6, 6.07) is 13.5. The van der Waals surface area contributed by atoms with Crippen LogP contribution in [0.5, 0.6) is 0 Å². The summed E-state index contributed by atoms with van der Waals surface area (Å²) in [6.45, 7) is 9.27. The first-order valence-corrected chi connectivity index (χ1v) is 14.6. The number of benzene rings is 2. The topological polar surface area (TPSA) is 87.7 Å². The van der Waals surface area contributed by atoms with E-state index in [1.54, 1.807) is 37.4 Å². The van der Waals surface area contributed by atoms with Crippen LogP contribution < -0.4 is 10.6 Å². The van der Waals surface area contributed by atoms with Crippen LogP contribution in [0, 0.1) is 13.8 Å². The Morgan fingerprint density at radius 2 is 1.66 bits per heavy atom. The minimum atomic E-state index is -0.842. The highest BCUT2D eigenvalue weighted by Gasteiger charge is 2.42. The zero-order valence-electron chi connectivity index (χ0n) is 23.4. The van der Waals surface area contributed by atoms with Crippen LogP contribution >= 0.6 is 11.8 Å². The number of alkyl carbamates (subject to hydrolysis) is 1. The van der Waals surface area contributed by atoms with Crippen molar-refractivity contribution in [1.82, 2.24) is 10.2 Å². The van der Waals surface area contributed by atoms with Gasteiger partial charge in [0.15, 0.2) is 0 Å². The summed E-state index contributed by atoms with van der Waals surface area (Å²) in [6.07, 6.45) is 4.37. The van der Waals surface area contributed by atoms with Gasteiger partial charge in [-0.25, -0.2) is 4.79 Å². The van der Waals surface area contributed by atoms with Crippen LogP contribution in [0.4, 0.5) is 10.5 Å². The minimum absolute atomic E-state index is 0.0892. The Labute approximate surface area is 231 Å². The molecule has 8 heteroatoms. The average molecular weight is 540 g/mol. The molecule has 1 aliphatic carbocycles. The molecular weight excluding hydrogens is 498 g/mol. The lowest BCUT2D eigenvalue weighted by Gasteiger charge is -2.43. The summed E-state index contributed by atoms with van der Waals surface area (Å²) in [5.41, 5.74) is 2.71.